The van der Waals surface area contributed by atoms with E-state index in [0.717, 1.165) is 5.69 Å². The number of nitrogens with one attached hydrogen (secondary N) is 1. The predicted octanol–water partition coefficient (Wildman–Crippen LogP) is 1.64. The number of pyridine rings is 1. The van der Waals surface area contributed by atoms with Gasteiger partial charge < -0.3 is 4.74 Å². The summed E-state index contributed by atoms with van der Waals surface area (Å²) >= 11 is 0. The second kappa shape index (κ2) is 4.49. The first kappa shape index (κ1) is 8.71. The molecule has 1 aromatic rings. The molecule has 0 saturated heterocycles. The predicted molar refractivity (Wildman–Crippen MR) is 47.3 cm³/mol. The SMILES string of the molecule is CCOC(=N)Cc1ccccn1. The first-order valence-corrected chi connectivity index (χ1v) is 3.93. The Hall–Kier alpha value is -1.38. The molecule has 0 fully saturated rings. The molecule has 1 heterocycles. The summed E-state index contributed by atoms with van der Waals surface area (Å²) < 4.78 is 4.99. The molecule has 12 heavy (non-hydrogen) atoms. The van der Waals surface area contributed by atoms with Crippen LogP contribution in [0.1, 0.15) is 12.6 Å². The third-order valence-electron chi connectivity index (χ3n) is 1.39. The average molecular weight is 164 g/mol. The Labute approximate surface area is 71.9 Å². The minimum atomic E-state index is 0.274. The van der Waals surface area contributed by atoms with Crippen LogP contribution in [0.2, 0.25) is 0 Å². The quantitative estimate of drug-likeness (QED) is 0.545. The van der Waals surface area contributed by atoms with Crippen molar-refractivity contribution in [1.82, 2.24) is 4.98 Å². The zero-order valence-corrected chi connectivity index (χ0v) is 7.08. The molecule has 0 aliphatic rings. The summed E-state index contributed by atoms with van der Waals surface area (Å²) in [6.45, 7) is 2.42. The normalized spacial score (nSPS) is 9.42. The molecule has 0 aromatic carbocycles. The van der Waals surface area contributed by atoms with E-state index in [-0.39, 0.29) is 5.90 Å². The Bertz CT molecular complexity index is 246. The van der Waals surface area contributed by atoms with E-state index in [1.807, 2.05) is 25.1 Å². The second-order valence-corrected chi connectivity index (χ2v) is 2.35. The fourth-order valence-electron chi connectivity index (χ4n) is 0.892. The van der Waals surface area contributed by atoms with Gasteiger partial charge in [-0.05, 0) is 19.1 Å². The first-order valence-electron chi connectivity index (χ1n) is 3.93. The van der Waals surface area contributed by atoms with Crippen LogP contribution in [-0.2, 0) is 11.2 Å². The topological polar surface area (TPSA) is 46.0 Å². The minimum absolute atomic E-state index is 0.274. The maximum atomic E-state index is 7.36. The number of hydrogen-bond donors (Lipinski definition) is 1. The van der Waals surface area contributed by atoms with Crippen LogP contribution in [0.4, 0.5) is 0 Å². The summed E-state index contributed by atoms with van der Waals surface area (Å²) in [6, 6.07) is 5.64. The molecule has 0 unspecified atom stereocenters. The summed E-state index contributed by atoms with van der Waals surface area (Å²) in [4.78, 5) is 4.08. The Morgan fingerprint density at radius 3 is 3.00 bits per heavy atom. The first-order chi connectivity index (χ1) is 5.83. The van der Waals surface area contributed by atoms with Crippen LogP contribution in [0.5, 0.6) is 0 Å². The molecule has 1 rings (SSSR count). The van der Waals surface area contributed by atoms with Crippen molar-refractivity contribution < 1.29 is 4.74 Å². The van der Waals surface area contributed by atoms with Crippen LogP contribution >= 0.6 is 0 Å². The van der Waals surface area contributed by atoms with E-state index in [1.165, 1.54) is 0 Å². The molecule has 0 saturated carbocycles. The molecule has 0 bridgehead atoms. The van der Waals surface area contributed by atoms with Gasteiger partial charge in [-0.1, -0.05) is 6.07 Å². The number of ether oxygens (including phenoxy) is 1. The molecule has 3 nitrogen and oxygen atoms in total. The van der Waals surface area contributed by atoms with Crippen molar-refractivity contribution in [2.45, 2.75) is 13.3 Å². The molecule has 64 valence electrons. The number of aromatic nitrogens is 1. The van der Waals surface area contributed by atoms with Gasteiger partial charge in [-0.25, -0.2) is 0 Å². The molecule has 0 atom stereocenters. The summed E-state index contributed by atoms with van der Waals surface area (Å²) in [6.07, 6.45) is 2.20. The lowest BCUT2D eigenvalue weighted by atomic mass is 10.3. The van der Waals surface area contributed by atoms with Gasteiger partial charge in [0.05, 0.1) is 13.0 Å². The van der Waals surface area contributed by atoms with E-state index in [1.54, 1.807) is 6.20 Å². The molecule has 0 amide bonds. The maximum absolute atomic E-state index is 7.36. The zero-order chi connectivity index (χ0) is 8.81. The van der Waals surface area contributed by atoms with Crippen LogP contribution < -0.4 is 0 Å². The van der Waals surface area contributed by atoms with E-state index in [2.05, 4.69) is 4.98 Å². The van der Waals surface area contributed by atoms with E-state index < -0.39 is 0 Å². The Morgan fingerprint density at radius 2 is 2.42 bits per heavy atom. The monoisotopic (exact) mass is 164 g/mol. The van der Waals surface area contributed by atoms with E-state index in [4.69, 9.17) is 10.1 Å². The molecule has 1 N–H and O–H groups in total. The van der Waals surface area contributed by atoms with Gasteiger partial charge in [-0.15, -0.1) is 0 Å². The van der Waals surface area contributed by atoms with Crippen molar-refractivity contribution in [2.24, 2.45) is 0 Å². The van der Waals surface area contributed by atoms with Crippen molar-refractivity contribution in [3.8, 4) is 0 Å². The van der Waals surface area contributed by atoms with Crippen molar-refractivity contribution in [3.05, 3.63) is 30.1 Å². The van der Waals surface area contributed by atoms with Gasteiger partial charge in [0.15, 0.2) is 5.90 Å². The fraction of sp³-hybridized carbons (Fsp3) is 0.333. The molecule has 0 aliphatic heterocycles. The van der Waals surface area contributed by atoms with Crippen molar-refractivity contribution in [2.75, 3.05) is 6.61 Å². The Balaban J connectivity index is 2.47. The lowest BCUT2D eigenvalue weighted by Gasteiger charge is -2.02. The van der Waals surface area contributed by atoms with Gasteiger partial charge in [0.2, 0.25) is 0 Å². The summed E-state index contributed by atoms with van der Waals surface area (Å²) in [5, 5.41) is 7.36. The number of rotatable bonds is 3. The summed E-state index contributed by atoms with van der Waals surface area (Å²) in [5.41, 5.74) is 0.871. The summed E-state index contributed by atoms with van der Waals surface area (Å²) in [5.74, 6) is 0.274. The molecule has 0 aliphatic carbocycles. The number of nitrogens with zero attached hydrogens (tertiary/aromatic N) is 1. The molecule has 0 radical (unpaired) electrons. The lowest BCUT2D eigenvalue weighted by molar-refractivity contribution is 0.316. The zero-order valence-electron chi connectivity index (χ0n) is 7.08. The minimum Gasteiger partial charge on any atom is -0.481 e. The molecule has 0 spiro atoms. The van der Waals surface area contributed by atoms with Gasteiger partial charge in [0, 0.05) is 11.9 Å². The second-order valence-electron chi connectivity index (χ2n) is 2.35. The molecule has 3 heteroatoms. The van der Waals surface area contributed by atoms with Crippen molar-refractivity contribution >= 4 is 5.90 Å². The molecular weight excluding hydrogens is 152 g/mol. The third-order valence-corrected chi connectivity index (χ3v) is 1.39. The average Bonchev–Trinajstić information content (AvgIpc) is 2.06. The van der Waals surface area contributed by atoms with E-state index in [0.29, 0.717) is 13.0 Å². The van der Waals surface area contributed by atoms with Crippen LogP contribution in [0.15, 0.2) is 24.4 Å². The third kappa shape index (κ3) is 2.70. The van der Waals surface area contributed by atoms with Crippen LogP contribution in [0, 0.1) is 5.41 Å². The van der Waals surface area contributed by atoms with Gasteiger partial charge in [-0.3, -0.25) is 10.4 Å². The highest BCUT2D eigenvalue weighted by molar-refractivity contribution is 5.74. The largest absolute Gasteiger partial charge is 0.481 e. The van der Waals surface area contributed by atoms with Crippen LogP contribution in [0.25, 0.3) is 0 Å². The fourth-order valence-corrected chi connectivity index (χ4v) is 0.892. The van der Waals surface area contributed by atoms with Crippen LogP contribution in [0.3, 0.4) is 0 Å². The smallest absolute Gasteiger partial charge is 0.186 e. The maximum Gasteiger partial charge on any atom is 0.186 e. The Morgan fingerprint density at radius 1 is 1.58 bits per heavy atom. The van der Waals surface area contributed by atoms with E-state index in [9.17, 15) is 0 Å². The van der Waals surface area contributed by atoms with Gasteiger partial charge >= 0.3 is 0 Å². The highest BCUT2D eigenvalue weighted by Gasteiger charge is 1.98. The van der Waals surface area contributed by atoms with Crippen molar-refractivity contribution in [3.63, 3.8) is 0 Å². The van der Waals surface area contributed by atoms with E-state index >= 15 is 0 Å². The standard InChI is InChI=1S/C9H12N2O/c1-2-12-9(10)7-8-5-3-4-6-11-8/h3-6,10H,2,7H2,1H3. The lowest BCUT2D eigenvalue weighted by Crippen LogP contribution is -2.07. The number of hydrogen-bond acceptors (Lipinski definition) is 3. The van der Waals surface area contributed by atoms with Crippen molar-refractivity contribution in [1.29, 1.82) is 5.41 Å². The van der Waals surface area contributed by atoms with Gasteiger partial charge in [0.25, 0.3) is 0 Å². The van der Waals surface area contributed by atoms with Gasteiger partial charge in [-0.2, -0.15) is 0 Å². The van der Waals surface area contributed by atoms with Gasteiger partial charge in [0.1, 0.15) is 0 Å². The highest BCUT2D eigenvalue weighted by Crippen LogP contribution is 1.96. The Kier molecular flexibility index (Phi) is 3.26. The molecular formula is C9H12N2O. The van der Waals surface area contributed by atoms with Crippen LogP contribution in [-0.4, -0.2) is 17.5 Å². The highest BCUT2D eigenvalue weighted by atomic mass is 16.5. The summed E-state index contributed by atoms with van der Waals surface area (Å²) in [7, 11) is 0. The molecule has 1 aromatic heterocycles.